The molecule has 1 aliphatic rings. The van der Waals surface area contributed by atoms with Crippen LogP contribution in [0.3, 0.4) is 0 Å². The Morgan fingerprint density at radius 1 is 1.00 bits per heavy atom. The van der Waals surface area contributed by atoms with Crippen LogP contribution in [-0.4, -0.2) is 37.2 Å². The highest BCUT2D eigenvalue weighted by atomic mass is 35.5. The van der Waals surface area contributed by atoms with E-state index < -0.39 is 22.0 Å². The molecule has 6 nitrogen and oxygen atoms in total. The summed E-state index contributed by atoms with van der Waals surface area (Å²) < 4.78 is 27.5. The average molecular weight is 393 g/mol. The van der Waals surface area contributed by atoms with Gasteiger partial charge < -0.3 is 0 Å². The summed E-state index contributed by atoms with van der Waals surface area (Å²) in [6.45, 7) is 0.0346. The van der Waals surface area contributed by atoms with Gasteiger partial charge in [-0.25, -0.2) is 13.5 Å². The van der Waals surface area contributed by atoms with Crippen molar-refractivity contribution in [2.45, 2.75) is 17.4 Å². The Bertz CT molecular complexity index is 925. The summed E-state index contributed by atoms with van der Waals surface area (Å²) in [6, 6.07) is 12.5. The molecule has 136 valence electrons. The summed E-state index contributed by atoms with van der Waals surface area (Å²) in [7, 11) is -3.90. The first kappa shape index (κ1) is 18.6. The lowest BCUT2D eigenvalue weighted by molar-refractivity contribution is -0.164. The zero-order valence-corrected chi connectivity index (χ0v) is 15.2. The molecule has 1 unspecified atom stereocenters. The standard InChI is InChI=1S/C18H17ClN2O4S/c19-15-8-4-13(5-9-15)14-6-10-16(11-7-14)26(24,25)20-17-3-1-2-12-21(23)18(17)22/h1-2,4-11,17,20,23H,3,12H2. The summed E-state index contributed by atoms with van der Waals surface area (Å²) >= 11 is 5.87. The molecular formula is C18H17ClN2O4S. The molecule has 2 aromatic rings. The number of sulfonamides is 1. The van der Waals surface area contributed by atoms with E-state index in [0.717, 1.165) is 11.1 Å². The normalized spacial score (nSPS) is 18.0. The third-order valence-corrected chi connectivity index (χ3v) is 5.75. The van der Waals surface area contributed by atoms with Gasteiger partial charge in [0.2, 0.25) is 10.0 Å². The minimum atomic E-state index is -3.90. The topological polar surface area (TPSA) is 86.7 Å². The number of nitrogens with zero attached hydrogens (tertiary/aromatic N) is 1. The lowest BCUT2D eigenvalue weighted by atomic mass is 10.1. The van der Waals surface area contributed by atoms with Crippen molar-refractivity contribution >= 4 is 27.5 Å². The lowest BCUT2D eigenvalue weighted by Crippen LogP contribution is -2.46. The fraction of sp³-hybridized carbons (Fsp3) is 0.167. The lowest BCUT2D eigenvalue weighted by Gasteiger charge is -2.19. The summed E-state index contributed by atoms with van der Waals surface area (Å²) in [4.78, 5) is 12.1. The van der Waals surface area contributed by atoms with E-state index in [1.54, 1.807) is 36.4 Å². The van der Waals surface area contributed by atoms with Gasteiger partial charge in [-0.3, -0.25) is 10.0 Å². The minimum Gasteiger partial charge on any atom is -0.286 e. The maximum absolute atomic E-state index is 12.6. The first-order valence-corrected chi connectivity index (χ1v) is 9.76. The molecule has 0 saturated carbocycles. The molecule has 0 fully saturated rings. The van der Waals surface area contributed by atoms with E-state index in [-0.39, 0.29) is 17.9 Å². The Morgan fingerprint density at radius 2 is 1.58 bits per heavy atom. The zero-order chi connectivity index (χ0) is 18.7. The van der Waals surface area contributed by atoms with Crippen molar-refractivity contribution in [2.24, 2.45) is 0 Å². The molecule has 1 aliphatic heterocycles. The third-order valence-electron chi connectivity index (χ3n) is 4.01. The number of benzene rings is 2. The van der Waals surface area contributed by atoms with Crippen LogP contribution in [-0.2, 0) is 14.8 Å². The third kappa shape index (κ3) is 4.13. The Hall–Kier alpha value is -2.19. The smallest absolute Gasteiger partial charge is 0.264 e. The van der Waals surface area contributed by atoms with Crippen molar-refractivity contribution in [1.82, 2.24) is 9.79 Å². The number of carbonyl (C=O) groups excluding carboxylic acids is 1. The van der Waals surface area contributed by atoms with Gasteiger partial charge in [0, 0.05) is 5.02 Å². The molecule has 3 rings (SSSR count). The van der Waals surface area contributed by atoms with Gasteiger partial charge in [0.05, 0.1) is 11.4 Å². The van der Waals surface area contributed by atoms with E-state index in [2.05, 4.69) is 4.72 Å². The summed E-state index contributed by atoms with van der Waals surface area (Å²) in [5.74, 6) is -0.684. The van der Waals surface area contributed by atoms with Crippen LogP contribution >= 0.6 is 11.6 Å². The van der Waals surface area contributed by atoms with Gasteiger partial charge in [-0.2, -0.15) is 4.72 Å². The van der Waals surface area contributed by atoms with Crippen LogP contribution in [0.1, 0.15) is 6.42 Å². The molecule has 8 heteroatoms. The Labute approximate surface area is 156 Å². The predicted molar refractivity (Wildman–Crippen MR) is 98.3 cm³/mol. The van der Waals surface area contributed by atoms with Gasteiger partial charge in [-0.15, -0.1) is 0 Å². The van der Waals surface area contributed by atoms with Gasteiger partial charge in [0.25, 0.3) is 5.91 Å². The van der Waals surface area contributed by atoms with Crippen LogP contribution < -0.4 is 4.72 Å². The number of nitrogens with one attached hydrogen (secondary N) is 1. The van der Waals surface area contributed by atoms with Crippen molar-refractivity contribution < 1.29 is 18.4 Å². The van der Waals surface area contributed by atoms with E-state index in [1.807, 2.05) is 12.1 Å². The van der Waals surface area contributed by atoms with Gasteiger partial charge >= 0.3 is 0 Å². The van der Waals surface area contributed by atoms with Crippen LogP contribution in [0.25, 0.3) is 11.1 Å². The molecule has 0 radical (unpaired) electrons. The van der Waals surface area contributed by atoms with Crippen LogP contribution in [0, 0.1) is 0 Å². The Morgan fingerprint density at radius 3 is 2.19 bits per heavy atom. The second kappa shape index (κ2) is 7.59. The fourth-order valence-corrected chi connectivity index (χ4v) is 3.93. The zero-order valence-electron chi connectivity index (χ0n) is 13.7. The SMILES string of the molecule is O=C1C(NS(=O)(=O)c2ccc(-c3ccc(Cl)cc3)cc2)CC=CCN1O. The highest BCUT2D eigenvalue weighted by Crippen LogP contribution is 2.23. The number of hydrogen-bond acceptors (Lipinski definition) is 4. The van der Waals surface area contributed by atoms with Crippen molar-refractivity contribution in [2.75, 3.05) is 6.54 Å². The second-order valence-corrected chi connectivity index (χ2v) is 7.98. The van der Waals surface area contributed by atoms with Crippen molar-refractivity contribution in [3.63, 3.8) is 0 Å². The Kier molecular flexibility index (Phi) is 5.43. The number of rotatable bonds is 4. The van der Waals surface area contributed by atoms with Gasteiger partial charge in [-0.05, 0) is 41.8 Å². The average Bonchev–Trinajstić information content (AvgIpc) is 2.78. The molecule has 0 spiro atoms. The highest BCUT2D eigenvalue weighted by molar-refractivity contribution is 7.89. The molecule has 0 bridgehead atoms. The molecule has 0 aromatic heterocycles. The molecule has 2 aromatic carbocycles. The number of hydroxylamine groups is 2. The van der Waals surface area contributed by atoms with Gasteiger partial charge in [0.1, 0.15) is 6.04 Å². The predicted octanol–water partition coefficient (Wildman–Crippen LogP) is 2.83. The van der Waals surface area contributed by atoms with Gasteiger partial charge in [0.15, 0.2) is 0 Å². The molecule has 0 aliphatic carbocycles. The largest absolute Gasteiger partial charge is 0.286 e. The number of amides is 1. The second-order valence-electron chi connectivity index (χ2n) is 5.83. The summed E-state index contributed by atoms with van der Waals surface area (Å²) in [5, 5.41) is 10.7. The van der Waals surface area contributed by atoms with Crippen molar-refractivity contribution in [3.05, 3.63) is 65.7 Å². The first-order valence-electron chi connectivity index (χ1n) is 7.90. The van der Waals surface area contributed by atoms with Crippen LogP contribution in [0.5, 0.6) is 0 Å². The summed E-state index contributed by atoms with van der Waals surface area (Å²) in [6.07, 6.45) is 3.44. The number of carbonyl (C=O) groups is 1. The minimum absolute atomic E-state index is 0.0346. The van der Waals surface area contributed by atoms with E-state index >= 15 is 0 Å². The molecule has 2 N–H and O–H groups in total. The van der Waals surface area contributed by atoms with Crippen molar-refractivity contribution in [1.29, 1.82) is 0 Å². The van der Waals surface area contributed by atoms with Crippen molar-refractivity contribution in [3.8, 4) is 11.1 Å². The monoisotopic (exact) mass is 392 g/mol. The van der Waals surface area contributed by atoms with Gasteiger partial charge in [-0.1, -0.05) is 48.0 Å². The quantitative estimate of drug-likeness (QED) is 0.618. The fourth-order valence-electron chi connectivity index (χ4n) is 2.60. The van der Waals surface area contributed by atoms with Crippen LogP contribution in [0.2, 0.25) is 5.02 Å². The van der Waals surface area contributed by atoms with E-state index in [1.165, 1.54) is 12.1 Å². The van der Waals surface area contributed by atoms with E-state index in [0.29, 0.717) is 10.1 Å². The molecule has 0 saturated heterocycles. The highest BCUT2D eigenvalue weighted by Gasteiger charge is 2.29. The molecular weight excluding hydrogens is 376 g/mol. The molecule has 26 heavy (non-hydrogen) atoms. The van der Waals surface area contributed by atoms with E-state index in [4.69, 9.17) is 11.6 Å². The molecule has 1 atom stereocenters. The Balaban J connectivity index is 1.80. The van der Waals surface area contributed by atoms with Crippen LogP contribution in [0.15, 0.2) is 65.6 Å². The maximum atomic E-state index is 12.6. The first-order chi connectivity index (χ1) is 12.4. The number of hydrogen-bond donors (Lipinski definition) is 2. The summed E-state index contributed by atoms with van der Waals surface area (Å²) in [5.41, 5.74) is 1.75. The molecule has 1 heterocycles. The maximum Gasteiger partial charge on any atom is 0.264 e. The number of halogens is 1. The van der Waals surface area contributed by atoms with Crippen LogP contribution in [0.4, 0.5) is 0 Å². The molecule has 1 amide bonds. The van der Waals surface area contributed by atoms with E-state index in [9.17, 15) is 18.4 Å².